The highest BCUT2D eigenvalue weighted by atomic mass is 15.1. The largest absolute Gasteiger partial charge is 0.371 e. The van der Waals surface area contributed by atoms with E-state index in [1.165, 1.54) is 37.1 Å². The van der Waals surface area contributed by atoms with Gasteiger partial charge in [-0.15, -0.1) is 0 Å². The molecule has 2 heteroatoms. The summed E-state index contributed by atoms with van der Waals surface area (Å²) < 4.78 is 0. The summed E-state index contributed by atoms with van der Waals surface area (Å²) in [7, 11) is 0. The summed E-state index contributed by atoms with van der Waals surface area (Å²) in [5.41, 5.74) is 8.33. The Kier molecular flexibility index (Phi) is 4.43. The first kappa shape index (κ1) is 12.4. The molecule has 1 aliphatic rings. The van der Waals surface area contributed by atoms with Crippen LogP contribution in [0.15, 0.2) is 24.3 Å². The molecule has 0 spiro atoms. The summed E-state index contributed by atoms with van der Waals surface area (Å²) in [6, 6.07) is 8.81. The van der Waals surface area contributed by atoms with E-state index in [-0.39, 0.29) is 0 Å². The van der Waals surface area contributed by atoms with Crippen LogP contribution in [0.1, 0.15) is 31.2 Å². The molecule has 0 saturated heterocycles. The van der Waals surface area contributed by atoms with Gasteiger partial charge < -0.3 is 10.6 Å². The summed E-state index contributed by atoms with van der Waals surface area (Å²) >= 11 is 0. The maximum absolute atomic E-state index is 5.63. The Morgan fingerprint density at radius 1 is 1.29 bits per heavy atom. The van der Waals surface area contributed by atoms with Gasteiger partial charge in [-0.05, 0) is 49.9 Å². The van der Waals surface area contributed by atoms with Crippen LogP contribution in [0.4, 0.5) is 5.69 Å². The van der Waals surface area contributed by atoms with Crippen LogP contribution in [0.3, 0.4) is 0 Å². The molecule has 1 aromatic rings. The van der Waals surface area contributed by atoms with Crippen molar-refractivity contribution in [2.45, 2.75) is 32.6 Å². The van der Waals surface area contributed by atoms with Crippen molar-refractivity contribution < 1.29 is 0 Å². The maximum Gasteiger partial charge on any atom is 0.0368 e. The van der Waals surface area contributed by atoms with Crippen LogP contribution < -0.4 is 10.6 Å². The van der Waals surface area contributed by atoms with E-state index in [2.05, 4.69) is 36.1 Å². The Bertz CT molecular complexity index is 345. The Labute approximate surface area is 105 Å². The smallest absolute Gasteiger partial charge is 0.0368 e. The molecule has 2 rings (SSSR count). The predicted octanol–water partition coefficient (Wildman–Crippen LogP) is 2.95. The quantitative estimate of drug-likeness (QED) is 0.783. The number of aryl methyl sites for hydroxylation is 1. The number of benzene rings is 1. The molecule has 0 amide bonds. The lowest BCUT2D eigenvalue weighted by Gasteiger charge is -2.25. The van der Waals surface area contributed by atoms with Gasteiger partial charge in [0.1, 0.15) is 0 Å². The molecule has 1 aromatic carbocycles. The molecule has 0 aromatic heterocycles. The molecule has 1 aliphatic carbocycles. The van der Waals surface area contributed by atoms with Crippen molar-refractivity contribution in [3.05, 3.63) is 29.8 Å². The van der Waals surface area contributed by atoms with E-state index in [0.29, 0.717) is 0 Å². The molecule has 0 heterocycles. The predicted molar refractivity (Wildman–Crippen MR) is 74.4 cm³/mol. The fourth-order valence-corrected chi connectivity index (χ4v) is 2.22. The molecule has 1 saturated carbocycles. The molecule has 17 heavy (non-hydrogen) atoms. The topological polar surface area (TPSA) is 29.3 Å². The number of rotatable bonds is 7. The monoisotopic (exact) mass is 232 g/mol. The van der Waals surface area contributed by atoms with Crippen molar-refractivity contribution in [3.8, 4) is 0 Å². The van der Waals surface area contributed by atoms with Gasteiger partial charge in [0.05, 0.1) is 0 Å². The standard InChI is InChI=1S/C15H24N2/c1-13-4-2-5-15(12-13)17(10-3-9-16)11-8-14-6-7-14/h2,4-5,12,14H,3,6-11,16H2,1H3. The van der Waals surface area contributed by atoms with Crippen molar-refractivity contribution in [1.82, 2.24) is 0 Å². The van der Waals surface area contributed by atoms with Crippen LogP contribution in [0.5, 0.6) is 0 Å². The van der Waals surface area contributed by atoms with Crippen molar-refractivity contribution >= 4 is 5.69 Å². The molecular weight excluding hydrogens is 208 g/mol. The zero-order valence-electron chi connectivity index (χ0n) is 10.9. The number of hydrogen-bond acceptors (Lipinski definition) is 2. The summed E-state index contributed by atoms with van der Waals surface area (Å²) in [6.07, 6.45) is 5.31. The molecule has 2 N–H and O–H groups in total. The van der Waals surface area contributed by atoms with Crippen molar-refractivity contribution in [1.29, 1.82) is 0 Å². The Balaban J connectivity index is 1.96. The van der Waals surface area contributed by atoms with E-state index in [0.717, 1.165) is 25.4 Å². The van der Waals surface area contributed by atoms with Gasteiger partial charge in [-0.1, -0.05) is 25.0 Å². The van der Waals surface area contributed by atoms with Crippen LogP contribution in [0.25, 0.3) is 0 Å². The average molecular weight is 232 g/mol. The van der Waals surface area contributed by atoms with Gasteiger partial charge >= 0.3 is 0 Å². The van der Waals surface area contributed by atoms with E-state index in [1.807, 2.05) is 0 Å². The number of anilines is 1. The molecule has 2 nitrogen and oxygen atoms in total. The van der Waals surface area contributed by atoms with Crippen LogP contribution in [-0.2, 0) is 0 Å². The molecule has 94 valence electrons. The first-order valence-electron chi connectivity index (χ1n) is 6.81. The highest BCUT2D eigenvalue weighted by molar-refractivity contribution is 5.48. The van der Waals surface area contributed by atoms with Gasteiger partial charge in [-0.2, -0.15) is 0 Å². The van der Waals surface area contributed by atoms with E-state index in [9.17, 15) is 0 Å². The van der Waals surface area contributed by atoms with Crippen LogP contribution >= 0.6 is 0 Å². The van der Waals surface area contributed by atoms with Gasteiger partial charge in [0.15, 0.2) is 0 Å². The fourth-order valence-electron chi connectivity index (χ4n) is 2.22. The molecular formula is C15H24N2. The zero-order valence-corrected chi connectivity index (χ0v) is 10.9. The Morgan fingerprint density at radius 3 is 2.76 bits per heavy atom. The minimum atomic E-state index is 0.783. The minimum absolute atomic E-state index is 0.783. The highest BCUT2D eigenvalue weighted by Gasteiger charge is 2.21. The minimum Gasteiger partial charge on any atom is -0.371 e. The van der Waals surface area contributed by atoms with Gasteiger partial charge in [-0.3, -0.25) is 0 Å². The SMILES string of the molecule is Cc1cccc(N(CCCN)CCC2CC2)c1. The molecule has 0 radical (unpaired) electrons. The van der Waals surface area contributed by atoms with Gasteiger partial charge in [0.25, 0.3) is 0 Å². The van der Waals surface area contributed by atoms with Gasteiger partial charge in [0.2, 0.25) is 0 Å². The lowest BCUT2D eigenvalue weighted by Crippen LogP contribution is -2.27. The third-order valence-electron chi connectivity index (χ3n) is 3.50. The summed E-state index contributed by atoms with van der Waals surface area (Å²) in [5, 5.41) is 0. The first-order chi connectivity index (χ1) is 8.29. The first-order valence-corrected chi connectivity index (χ1v) is 6.81. The molecule has 0 bridgehead atoms. The molecule has 0 unspecified atom stereocenters. The second-order valence-electron chi connectivity index (χ2n) is 5.20. The van der Waals surface area contributed by atoms with E-state index >= 15 is 0 Å². The Morgan fingerprint density at radius 2 is 2.12 bits per heavy atom. The van der Waals surface area contributed by atoms with E-state index in [4.69, 9.17) is 5.73 Å². The third kappa shape index (κ3) is 4.04. The van der Waals surface area contributed by atoms with Crippen LogP contribution in [0.2, 0.25) is 0 Å². The van der Waals surface area contributed by atoms with Crippen molar-refractivity contribution in [3.63, 3.8) is 0 Å². The number of hydrogen-bond donors (Lipinski definition) is 1. The fraction of sp³-hybridized carbons (Fsp3) is 0.600. The van der Waals surface area contributed by atoms with E-state index < -0.39 is 0 Å². The second-order valence-corrected chi connectivity index (χ2v) is 5.20. The van der Waals surface area contributed by atoms with Crippen LogP contribution in [-0.4, -0.2) is 19.6 Å². The van der Waals surface area contributed by atoms with Crippen molar-refractivity contribution in [2.75, 3.05) is 24.5 Å². The second kappa shape index (κ2) is 6.06. The maximum atomic E-state index is 5.63. The molecule has 0 aliphatic heterocycles. The summed E-state index contributed by atoms with van der Waals surface area (Å²) in [4.78, 5) is 2.50. The highest BCUT2D eigenvalue weighted by Crippen LogP contribution is 2.33. The lowest BCUT2D eigenvalue weighted by atomic mass is 10.2. The summed E-state index contributed by atoms with van der Waals surface area (Å²) in [6.45, 7) is 5.22. The third-order valence-corrected chi connectivity index (χ3v) is 3.50. The molecule has 1 fully saturated rings. The normalized spacial score (nSPS) is 14.9. The average Bonchev–Trinajstić information content (AvgIpc) is 3.13. The Hall–Kier alpha value is -1.02. The number of nitrogens with zero attached hydrogens (tertiary/aromatic N) is 1. The molecule has 0 atom stereocenters. The van der Waals surface area contributed by atoms with Crippen molar-refractivity contribution in [2.24, 2.45) is 11.7 Å². The van der Waals surface area contributed by atoms with Gasteiger partial charge in [0, 0.05) is 18.8 Å². The summed E-state index contributed by atoms with van der Waals surface area (Å²) in [5.74, 6) is 1.00. The number of nitrogens with two attached hydrogens (primary N) is 1. The van der Waals surface area contributed by atoms with Crippen LogP contribution in [0, 0.1) is 12.8 Å². The zero-order chi connectivity index (χ0) is 12.1. The van der Waals surface area contributed by atoms with E-state index in [1.54, 1.807) is 0 Å². The lowest BCUT2D eigenvalue weighted by molar-refractivity contribution is 0.659. The van der Waals surface area contributed by atoms with Gasteiger partial charge in [-0.25, -0.2) is 0 Å².